The summed E-state index contributed by atoms with van der Waals surface area (Å²) < 4.78 is 0. The Morgan fingerprint density at radius 3 is 1.89 bits per heavy atom. The molecule has 0 amide bonds. The van der Waals surface area contributed by atoms with Gasteiger partial charge in [-0.1, -0.05) is 60.7 Å². The first-order chi connectivity index (χ1) is 9.45. The third-order valence-electron chi connectivity index (χ3n) is 3.61. The molecule has 0 atom stereocenters. The van der Waals surface area contributed by atoms with Gasteiger partial charge in [-0.3, -0.25) is 4.90 Å². The van der Waals surface area contributed by atoms with Crippen LogP contribution in [0.15, 0.2) is 60.7 Å². The topological polar surface area (TPSA) is 15.3 Å². The summed E-state index contributed by atoms with van der Waals surface area (Å²) in [4.78, 5) is 2.52. The van der Waals surface area contributed by atoms with E-state index in [1.165, 1.54) is 11.1 Å². The molecular formula is C17H19N2. The van der Waals surface area contributed by atoms with Gasteiger partial charge in [0.25, 0.3) is 0 Å². The van der Waals surface area contributed by atoms with Crippen LogP contribution in [-0.4, -0.2) is 24.5 Å². The Balaban J connectivity index is 1.96. The molecule has 0 aliphatic carbocycles. The second-order valence-corrected chi connectivity index (χ2v) is 4.88. The second kappa shape index (κ2) is 6.00. The maximum atomic E-state index is 3.31. The van der Waals surface area contributed by atoms with Gasteiger partial charge in [-0.25, -0.2) is 0 Å². The van der Waals surface area contributed by atoms with Gasteiger partial charge in [-0.2, -0.15) is 0 Å². The van der Waals surface area contributed by atoms with Crippen molar-refractivity contribution in [3.63, 3.8) is 0 Å². The number of hydrogen-bond acceptors (Lipinski definition) is 2. The van der Waals surface area contributed by atoms with Gasteiger partial charge in [0.1, 0.15) is 0 Å². The summed E-state index contributed by atoms with van der Waals surface area (Å²) in [5, 5.41) is 3.31. The lowest BCUT2D eigenvalue weighted by Crippen LogP contribution is -2.42. The molecule has 1 aliphatic rings. The van der Waals surface area contributed by atoms with Crippen molar-refractivity contribution in [1.29, 1.82) is 0 Å². The minimum Gasteiger partial charge on any atom is -0.310 e. The van der Waals surface area contributed by atoms with Crippen molar-refractivity contribution in [3.05, 3.63) is 78.3 Å². The standard InChI is InChI=1S/C17H19N2/c1-3-7-15(8-4-1)17(16-9-5-2-6-10-16)19-13-11-18-12-14-19/h1-11,17-18H,12-14H2. The fourth-order valence-corrected chi connectivity index (χ4v) is 2.70. The molecule has 1 radical (unpaired) electrons. The molecule has 0 bridgehead atoms. The lowest BCUT2D eigenvalue weighted by Gasteiger charge is -2.35. The van der Waals surface area contributed by atoms with Crippen molar-refractivity contribution < 1.29 is 0 Å². The molecule has 2 aromatic carbocycles. The van der Waals surface area contributed by atoms with E-state index in [1.54, 1.807) is 0 Å². The van der Waals surface area contributed by atoms with E-state index < -0.39 is 0 Å². The van der Waals surface area contributed by atoms with Gasteiger partial charge in [-0.05, 0) is 11.1 Å². The van der Waals surface area contributed by atoms with E-state index in [4.69, 9.17) is 0 Å². The van der Waals surface area contributed by atoms with Crippen LogP contribution in [0.2, 0.25) is 0 Å². The van der Waals surface area contributed by atoms with Gasteiger partial charge in [0, 0.05) is 26.2 Å². The van der Waals surface area contributed by atoms with Crippen LogP contribution in [0.3, 0.4) is 0 Å². The zero-order chi connectivity index (χ0) is 12.9. The molecule has 0 unspecified atom stereocenters. The first-order valence-electron chi connectivity index (χ1n) is 6.84. The largest absolute Gasteiger partial charge is 0.310 e. The summed E-state index contributed by atoms with van der Waals surface area (Å²) in [7, 11) is 0. The summed E-state index contributed by atoms with van der Waals surface area (Å²) in [6.45, 7) is 5.23. The molecule has 1 saturated heterocycles. The summed E-state index contributed by atoms with van der Waals surface area (Å²) in [6, 6.07) is 21.9. The van der Waals surface area contributed by atoms with Crippen LogP contribution in [0.1, 0.15) is 17.2 Å². The SMILES string of the molecule is [CH]1CN(C(c2ccccc2)c2ccccc2)CCN1. The fourth-order valence-electron chi connectivity index (χ4n) is 2.70. The number of nitrogens with one attached hydrogen (secondary N) is 1. The summed E-state index contributed by atoms with van der Waals surface area (Å²) >= 11 is 0. The van der Waals surface area contributed by atoms with Crippen LogP contribution in [0, 0.1) is 6.54 Å². The van der Waals surface area contributed by atoms with E-state index in [-0.39, 0.29) is 0 Å². The Bertz CT molecular complexity index is 450. The molecule has 2 aromatic rings. The summed E-state index contributed by atoms with van der Waals surface area (Å²) in [5.74, 6) is 0. The summed E-state index contributed by atoms with van der Waals surface area (Å²) in [5.41, 5.74) is 2.73. The van der Waals surface area contributed by atoms with Gasteiger partial charge in [0.15, 0.2) is 0 Å². The first kappa shape index (κ1) is 12.4. The molecule has 3 rings (SSSR count). The molecule has 0 aromatic heterocycles. The molecule has 1 aliphatic heterocycles. The van der Waals surface area contributed by atoms with E-state index in [1.807, 2.05) is 0 Å². The quantitative estimate of drug-likeness (QED) is 0.902. The molecule has 0 saturated carbocycles. The van der Waals surface area contributed by atoms with Crippen molar-refractivity contribution in [3.8, 4) is 0 Å². The highest BCUT2D eigenvalue weighted by atomic mass is 15.2. The third kappa shape index (κ3) is 2.86. The monoisotopic (exact) mass is 251 g/mol. The zero-order valence-electron chi connectivity index (χ0n) is 11.0. The Hall–Kier alpha value is -1.64. The average molecular weight is 251 g/mol. The second-order valence-electron chi connectivity index (χ2n) is 4.88. The Labute approximate surface area is 115 Å². The molecule has 0 spiro atoms. The predicted molar refractivity (Wildman–Crippen MR) is 78.6 cm³/mol. The third-order valence-corrected chi connectivity index (χ3v) is 3.61. The highest BCUT2D eigenvalue weighted by Gasteiger charge is 2.23. The van der Waals surface area contributed by atoms with Crippen molar-refractivity contribution in [2.24, 2.45) is 0 Å². The lowest BCUT2D eigenvalue weighted by atomic mass is 9.96. The molecule has 97 valence electrons. The Kier molecular flexibility index (Phi) is 3.92. The van der Waals surface area contributed by atoms with Gasteiger partial charge >= 0.3 is 0 Å². The minimum atomic E-state index is 0.348. The average Bonchev–Trinajstić information content (AvgIpc) is 2.51. The van der Waals surface area contributed by atoms with Crippen LogP contribution >= 0.6 is 0 Å². The van der Waals surface area contributed by atoms with Crippen molar-refractivity contribution in [1.82, 2.24) is 10.2 Å². The van der Waals surface area contributed by atoms with Crippen LogP contribution in [0.5, 0.6) is 0 Å². The molecular weight excluding hydrogens is 232 g/mol. The van der Waals surface area contributed by atoms with E-state index >= 15 is 0 Å². The normalized spacial score (nSPS) is 16.7. The van der Waals surface area contributed by atoms with Crippen molar-refractivity contribution in [2.45, 2.75) is 6.04 Å². The smallest absolute Gasteiger partial charge is 0.0602 e. The van der Waals surface area contributed by atoms with Crippen LogP contribution in [-0.2, 0) is 0 Å². The molecule has 1 heterocycles. The van der Waals surface area contributed by atoms with Crippen LogP contribution < -0.4 is 5.32 Å². The van der Waals surface area contributed by atoms with E-state index in [9.17, 15) is 0 Å². The van der Waals surface area contributed by atoms with Crippen LogP contribution in [0.4, 0.5) is 0 Å². The van der Waals surface area contributed by atoms with Gasteiger partial charge in [0.2, 0.25) is 0 Å². The highest BCUT2D eigenvalue weighted by molar-refractivity contribution is 5.32. The van der Waals surface area contributed by atoms with E-state index in [0.29, 0.717) is 6.04 Å². The maximum Gasteiger partial charge on any atom is 0.0602 e. The maximum absolute atomic E-state index is 3.31. The highest BCUT2D eigenvalue weighted by Crippen LogP contribution is 2.28. The Morgan fingerprint density at radius 1 is 0.842 bits per heavy atom. The number of hydrogen-bond donors (Lipinski definition) is 1. The van der Waals surface area contributed by atoms with E-state index in [2.05, 4.69) is 77.4 Å². The molecule has 2 heteroatoms. The fraction of sp³-hybridized carbons (Fsp3) is 0.235. The van der Waals surface area contributed by atoms with Crippen LogP contribution in [0.25, 0.3) is 0 Å². The number of piperazine rings is 1. The van der Waals surface area contributed by atoms with Crippen molar-refractivity contribution >= 4 is 0 Å². The summed E-state index contributed by atoms with van der Waals surface area (Å²) in [6.07, 6.45) is 0. The van der Waals surface area contributed by atoms with Gasteiger partial charge in [-0.15, -0.1) is 0 Å². The first-order valence-corrected chi connectivity index (χ1v) is 6.84. The number of benzene rings is 2. The lowest BCUT2D eigenvalue weighted by molar-refractivity contribution is 0.217. The zero-order valence-corrected chi connectivity index (χ0v) is 11.0. The molecule has 1 fully saturated rings. The van der Waals surface area contributed by atoms with Gasteiger partial charge in [0.05, 0.1) is 6.04 Å². The van der Waals surface area contributed by atoms with Gasteiger partial charge < -0.3 is 5.32 Å². The van der Waals surface area contributed by atoms with Crippen molar-refractivity contribution in [2.75, 3.05) is 19.6 Å². The predicted octanol–water partition coefficient (Wildman–Crippen LogP) is 2.84. The number of rotatable bonds is 3. The Morgan fingerprint density at radius 2 is 1.42 bits per heavy atom. The number of nitrogens with zero attached hydrogens (tertiary/aromatic N) is 1. The van der Waals surface area contributed by atoms with E-state index in [0.717, 1.165) is 19.6 Å². The minimum absolute atomic E-state index is 0.348. The molecule has 1 N–H and O–H groups in total. The molecule has 2 nitrogen and oxygen atoms in total. The molecule has 19 heavy (non-hydrogen) atoms.